The van der Waals surface area contributed by atoms with Crippen molar-refractivity contribution in [1.29, 1.82) is 0 Å². The monoisotopic (exact) mass is 419 g/mol. The van der Waals surface area contributed by atoms with Crippen molar-refractivity contribution in [2.24, 2.45) is 0 Å². The Morgan fingerprint density at radius 1 is 0.967 bits per heavy atom. The van der Waals surface area contributed by atoms with Crippen molar-refractivity contribution in [2.75, 3.05) is 7.11 Å². The van der Waals surface area contributed by atoms with Gasteiger partial charge in [-0.1, -0.05) is 42.0 Å². The first-order chi connectivity index (χ1) is 14.4. The van der Waals surface area contributed by atoms with Crippen LogP contribution in [-0.2, 0) is 23.0 Å². The molecule has 0 saturated heterocycles. The third-order valence-corrected chi connectivity index (χ3v) is 8.43. The van der Waals surface area contributed by atoms with Crippen LogP contribution in [0.25, 0.3) is 0 Å². The summed E-state index contributed by atoms with van der Waals surface area (Å²) in [5, 5.41) is 0. The molecule has 30 heavy (non-hydrogen) atoms. The number of rotatable bonds is 3. The van der Waals surface area contributed by atoms with E-state index in [0.29, 0.717) is 11.4 Å². The minimum Gasteiger partial charge on any atom is -0.497 e. The minimum atomic E-state index is -3.63. The fourth-order valence-corrected chi connectivity index (χ4v) is 6.69. The Kier molecular flexibility index (Phi) is 4.49. The van der Waals surface area contributed by atoms with Crippen LogP contribution in [0.1, 0.15) is 39.3 Å². The van der Waals surface area contributed by atoms with Crippen molar-refractivity contribution in [3.05, 3.63) is 94.0 Å². The van der Waals surface area contributed by atoms with Crippen molar-refractivity contribution in [2.45, 2.75) is 43.7 Å². The lowest BCUT2D eigenvalue weighted by Crippen LogP contribution is -2.45. The van der Waals surface area contributed by atoms with Crippen LogP contribution in [0.2, 0.25) is 0 Å². The largest absolute Gasteiger partial charge is 0.497 e. The predicted molar refractivity (Wildman–Crippen MR) is 117 cm³/mol. The number of benzene rings is 3. The van der Waals surface area contributed by atoms with Gasteiger partial charge in [-0.2, -0.15) is 4.31 Å². The predicted octanol–water partition coefficient (Wildman–Crippen LogP) is 4.57. The molecule has 3 aromatic carbocycles. The van der Waals surface area contributed by atoms with E-state index in [1.165, 1.54) is 22.3 Å². The molecule has 0 spiro atoms. The zero-order valence-corrected chi connectivity index (χ0v) is 18.2. The summed E-state index contributed by atoms with van der Waals surface area (Å²) < 4.78 is 34.6. The normalized spacial score (nSPS) is 20.4. The van der Waals surface area contributed by atoms with Crippen LogP contribution in [0.3, 0.4) is 0 Å². The molecular weight excluding hydrogens is 394 g/mol. The summed E-state index contributed by atoms with van der Waals surface area (Å²) in [6.45, 7) is 4.45. The summed E-state index contributed by atoms with van der Waals surface area (Å²) in [5.74, 6) is 0.791. The molecule has 0 amide bonds. The van der Waals surface area contributed by atoms with Crippen molar-refractivity contribution < 1.29 is 13.2 Å². The maximum atomic E-state index is 13.7. The summed E-state index contributed by atoms with van der Waals surface area (Å²) >= 11 is 0. The minimum absolute atomic E-state index is 0.0380. The Morgan fingerprint density at radius 2 is 1.73 bits per heavy atom. The van der Waals surface area contributed by atoms with Crippen molar-refractivity contribution in [1.82, 2.24) is 4.31 Å². The number of nitrogens with zero attached hydrogens (tertiary/aromatic N) is 1. The van der Waals surface area contributed by atoms with Gasteiger partial charge in [0, 0.05) is 18.5 Å². The van der Waals surface area contributed by atoms with Gasteiger partial charge in [-0.15, -0.1) is 0 Å². The molecule has 2 aliphatic rings. The Labute approximate surface area is 178 Å². The van der Waals surface area contributed by atoms with Crippen LogP contribution >= 0.6 is 0 Å². The van der Waals surface area contributed by atoms with Crippen LogP contribution in [0.5, 0.6) is 5.75 Å². The lowest BCUT2D eigenvalue weighted by Gasteiger charge is -2.39. The third kappa shape index (κ3) is 2.88. The lowest BCUT2D eigenvalue weighted by atomic mass is 9.82. The van der Waals surface area contributed by atoms with Crippen LogP contribution in [0, 0.1) is 13.8 Å². The first-order valence-corrected chi connectivity index (χ1v) is 11.7. The van der Waals surface area contributed by atoms with Crippen LogP contribution in [-0.4, -0.2) is 25.9 Å². The molecule has 4 nitrogen and oxygen atoms in total. The van der Waals surface area contributed by atoms with E-state index in [2.05, 4.69) is 31.2 Å². The molecule has 2 atom stereocenters. The highest BCUT2D eigenvalue weighted by atomic mass is 32.2. The summed E-state index contributed by atoms with van der Waals surface area (Å²) in [6.07, 6.45) is 0.734. The molecule has 3 aromatic rings. The molecule has 0 aromatic heterocycles. The number of ether oxygens (including phenoxy) is 1. The van der Waals surface area contributed by atoms with Gasteiger partial charge in [-0.25, -0.2) is 8.42 Å². The Balaban J connectivity index is 1.69. The third-order valence-electron chi connectivity index (χ3n) is 6.55. The zero-order chi connectivity index (χ0) is 21.0. The summed E-state index contributed by atoms with van der Waals surface area (Å²) in [6, 6.07) is 19.4. The molecule has 5 rings (SSSR count). The Hall–Kier alpha value is -2.63. The zero-order valence-electron chi connectivity index (χ0n) is 17.4. The standard InChI is InChI=1S/C25H25NO3S/c1-16-7-10-21(11-8-16)30(27,28)26-15-19-13-20(29-3)9-12-22(19)25-23(26)14-18-6-4-5-17(2)24(18)25/h4-13,23,25H,14-15H2,1-3H3/t23-,25-/m0/s1. The number of hydrogen-bond donors (Lipinski definition) is 0. The van der Waals surface area contributed by atoms with Crippen molar-refractivity contribution in [3.63, 3.8) is 0 Å². The van der Waals surface area contributed by atoms with E-state index < -0.39 is 10.0 Å². The van der Waals surface area contributed by atoms with E-state index in [1.54, 1.807) is 23.5 Å². The molecule has 1 heterocycles. The summed E-state index contributed by atoms with van der Waals surface area (Å²) in [7, 11) is -1.99. The van der Waals surface area contributed by atoms with Gasteiger partial charge in [-0.05, 0) is 72.4 Å². The average Bonchev–Trinajstić information content (AvgIpc) is 3.14. The second-order valence-electron chi connectivity index (χ2n) is 8.32. The molecular formula is C25H25NO3S. The molecule has 0 radical (unpaired) electrons. The second kappa shape index (κ2) is 6.96. The maximum Gasteiger partial charge on any atom is 0.243 e. The van der Waals surface area contributed by atoms with E-state index in [0.717, 1.165) is 23.3 Å². The van der Waals surface area contributed by atoms with Crippen LogP contribution < -0.4 is 4.74 Å². The van der Waals surface area contributed by atoms with Crippen LogP contribution in [0.4, 0.5) is 0 Å². The lowest BCUT2D eigenvalue weighted by molar-refractivity contribution is 0.280. The van der Waals surface area contributed by atoms with Gasteiger partial charge >= 0.3 is 0 Å². The number of fused-ring (bicyclic) bond motifs is 5. The van der Waals surface area contributed by atoms with E-state index in [-0.39, 0.29) is 12.0 Å². The molecule has 0 N–H and O–H groups in total. The Bertz CT molecular complexity index is 1230. The number of sulfonamides is 1. The van der Waals surface area contributed by atoms with E-state index in [1.807, 2.05) is 31.2 Å². The highest BCUT2D eigenvalue weighted by Gasteiger charge is 2.46. The Morgan fingerprint density at radius 3 is 2.47 bits per heavy atom. The van der Waals surface area contributed by atoms with Gasteiger partial charge in [0.1, 0.15) is 5.75 Å². The molecule has 0 fully saturated rings. The summed E-state index contributed by atoms with van der Waals surface area (Å²) in [4.78, 5) is 0.353. The first kappa shape index (κ1) is 19.3. The molecule has 0 unspecified atom stereocenters. The molecule has 5 heteroatoms. The van der Waals surface area contributed by atoms with Gasteiger partial charge in [0.25, 0.3) is 0 Å². The smallest absolute Gasteiger partial charge is 0.243 e. The topological polar surface area (TPSA) is 46.6 Å². The van der Waals surface area contributed by atoms with Crippen molar-refractivity contribution >= 4 is 10.0 Å². The second-order valence-corrected chi connectivity index (χ2v) is 10.2. The van der Waals surface area contributed by atoms with Gasteiger partial charge in [0.15, 0.2) is 0 Å². The quantitative estimate of drug-likeness (QED) is 0.625. The molecule has 0 saturated carbocycles. The maximum absolute atomic E-state index is 13.7. The van der Waals surface area contributed by atoms with E-state index >= 15 is 0 Å². The van der Waals surface area contributed by atoms with Gasteiger partial charge < -0.3 is 4.74 Å². The fourth-order valence-electron chi connectivity index (χ4n) is 5.07. The van der Waals surface area contributed by atoms with Gasteiger partial charge in [0.2, 0.25) is 10.0 Å². The number of aryl methyl sites for hydroxylation is 2. The number of hydrogen-bond acceptors (Lipinski definition) is 3. The van der Waals surface area contributed by atoms with Crippen LogP contribution in [0.15, 0.2) is 65.6 Å². The van der Waals surface area contributed by atoms with E-state index in [4.69, 9.17) is 4.74 Å². The molecule has 1 aliphatic heterocycles. The molecule has 154 valence electrons. The van der Waals surface area contributed by atoms with E-state index in [9.17, 15) is 8.42 Å². The number of methoxy groups -OCH3 is 1. The van der Waals surface area contributed by atoms with Gasteiger partial charge in [-0.3, -0.25) is 0 Å². The van der Waals surface area contributed by atoms with Gasteiger partial charge in [0.05, 0.1) is 12.0 Å². The highest BCUT2D eigenvalue weighted by Crippen LogP contribution is 2.48. The average molecular weight is 420 g/mol. The highest BCUT2D eigenvalue weighted by molar-refractivity contribution is 7.89. The van der Waals surface area contributed by atoms with Crippen molar-refractivity contribution in [3.8, 4) is 5.75 Å². The fraction of sp³-hybridized carbons (Fsp3) is 0.280. The first-order valence-electron chi connectivity index (χ1n) is 10.2. The summed E-state index contributed by atoms with van der Waals surface area (Å²) in [5.41, 5.74) is 7.02. The SMILES string of the molecule is COc1ccc2c(c1)CN(S(=O)(=O)c1ccc(C)cc1)[C@H]1Cc3cccc(C)c3[C@@H]21. The molecule has 0 bridgehead atoms. The molecule has 1 aliphatic carbocycles.